The molecule has 3 rings (SSSR count). The lowest BCUT2D eigenvalue weighted by atomic mass is 10.1. The number of benzene rings is 2. The molecular formula is C17H17FN2O. The number of ether oxygens (including phenoxy) is 1. The Bertz CT molecular complexity index is 780. The smallest absolute Gasteiger partial charge is 0.123 e. The maximum atomic E-state index is 13.6. The zero-order valence-electron chi connectivity index (χ0n) is 11.8. The van der Waals surface area contributed by atoms with Gasteiger partial charge in [-0.3, -0.25) is 0 Å². The molecule has 21 heavy (non-hydrogen) atoms. The van der Waals surface area contributed by atoms with Crippen LogP contribution < -0.4 is 10.5 Å². The normalized spacial score (nSPS) is 11.0. The van der Waals surface area contributed by atoms with Crippen molar-refractivity contribution in [3.63, 3.8) is 0 Å². The molecule has 1 heterocycles. The van der Waals surface area contributed by atoms with Crippen LogP contribution in [0.2, 0.25) is 0 Å². The maximum Gasteiger partial charge on any atom is 0.123 e. The van der Waals surface area contributed by atoms with Gasteiger partial charge >= 0.3 is 0 Å². The van der Waals surface area contributed by atoms with Crippen LogP contribution in [0.5, 0.6) is 5.75 Å². The fourth-order valence-electron chi connectivity index (χ4n) is 2.57. The highest BCUT2D eigenvalue weighted by molar-refractivity contribution is 5.81. The molecule has 0 spiro atoms. The van der Waals surface area contributed by atoms with Gasteiger partial charge in [0.25, 0.3) is 0 Å². The molecule has 2 N–H and O–H groups in total. The van der Waals surface area contributed by atoms with Gasteiger partial charge < -0.3 is 15.0 Å². The van der Waals surface area contributed by atoms with Crippen molar-refractivity contribution < 1.29 is 9.13 Å². The number of hydrogen-bond donors (Lipinski definition) is 1. The third-order valence-electron chi connectivity index (χ3n) is 3.58. The molecule has 3 nitrogen and oxygen atoms in total. The van der Waals surface area contributed by atoms with Crippen LogP contribution in [-0.4, -0.2) is 11.7 Å². The van der Waals surface area contributed by atoms with Gasteiger partial charge in [0.05, 0.1) is 7.11 Å². The highest BCUT2D eigenvalue weighted by atomic mass is 19.1. The number of rotatable bonds is 4. The number of halogens is 1. The van der Waals surface area contributed by atoms with Crippen molar-refractivity contribution in [2.45, 2.75) is 13.1 Å². The predicted molar refractivity (Wildman–Crippen MR) is 81.9 cm³/mol. The van der Waals surface area contributed by atoms with Crippen molar-refractivity contribution >= 4 is 10.9 Å². The number of methoxy groups -OCH3 is 1. The fourth-order valence-corrected chi connectivity index (χ4v) is 2.57. The van der Waals surface area contributed by atoms with E-state index in [4.69, 9.17) is 10.5 Å². The quantitative estimate of drug-likeness (QED) is 0.798. The zero-order chi connectivity index (χ0) is 14.8. The number of hydrogen-bond acceptors (Lipinski definition) is 2. The van der Waals surface area contributed by atoms with Gasteiger partial charge in [-0.2, -0.15) is 0 Å². The van der Waals surface area contributed by atoms with Crippen LogP contribution in [0.3, 0.4) is 0 Å². The van der Waals surface area contributed by atoms with E-state index in [1.54, 1.807) is 13.2 Å². The molecule has 4 heteroatoms. The van der Waals surface area contributed by atoms with Crippen LogP contribution in [-0.2, 0) is 13.1 Å². The van der Waals surface area contributed by atoms with Gasteiger partial charge in [-0.25, -0.2) is 4.39 Å². The van der Waals surface area contributed by atoms with Gasteiger partial charge in [0.2, 0.25) is 0 Å². The summed E-state index contributed by atoms with van der Waals surface area (Å²) in [5.41, 5.74) is 8.40. The third-order valence-corrected chi connectivity index (χ3v) is 3.58. The molecule has 2 aromatic carbocycles. The van der Waals surface area contributed by atoms with Crippen LogP contribution in [0.15, 0.2) is 48.7 Å². The molecule has 0 bridgehead atoms. The zero-order valence-corrected chi connectivity index (χ0v) is 11.8. The Labute approximate surface area is 122 Å². The van der Waals surface area contributed by atoms with E-state index in [-0.39, 0.29) is 5.82 Å². The summed E-state index contributed by atoms with van der Waals surface area (Å²) < 4.78 is 20.9. The Kier molecular flexibility index (Phi) is 3.62. The first-order valence-electron chi connectivity index (χ1n) is 6.81. The van der Waals surface area contributed by atoms with E-state index in [2.05, 4.69) is 4.57 Å². The van der Waals surface area contributed by atoms with Gasteiger partial charge in [-0.05, 0) is 47.5 Å². The van der Waals surface area contributed by atoms with Gasteiger partial charge in [-0.1, -0.05) is 6.07 Å². The average Bonchev–Trinajstić information content (AvgIpc) is 2.88. The minimum atomic E-state index is -0.244. The van der Waals surface area contributed by atoms with E-state index >= 15 is 0 Å². The Hall–Kier alpha value is -2.33. The number of nitrogens with zero attached hydrogens (tertiary/aromatic N) is 1. The summed E-state index contributed by atoms with van der Waals surface area (Å²) in [5, 5.41) is 1.10. The number of aromatic nitrogens is 1. The molecule has 0 aliphatic rings. The average molecular weight is 284 g/mol. The van der Waals surface area contributed by atoms with E-state index in [0.29, 0.717) is 13.1 Å². The molecule has 0 radical (unpaired) electrons. The van der Waals surface area contributed by atoms with Gasteiger partial charge in [0.15, 0.2) is 0 Å². The van der Waals surface area contributed by atoms with E-state index in [1.165, 1.54) is 6.07 Å². The molecule has 0 fully saturated rings. The Morgan fingerprint density at radius 3 is 2.67 bits per heavy atom. The van der Waals surface area contributed by atoms with Crippen molar-refractivity contribution in [2.75, 3.05) is 7.11 Å². The number of fused-ring (bicyclic) bond motifs is 1. The van der Waals surface area contributed by atoms with Crippen molar-refractivity contribution in [2.24, 2.45) is 5.73 Å². The summed E-state index contributed by atoms with van der Waals surface area (Å²) >= 11 is 0. The lowest BCUT2D eigenvalue weighted by Gasteiger charge is -2.08. The van der Waals surface area contributed by atoms with Crippen LogP contribution in [0, 0.1) is 5.82 Å². The topological polar surface area (TPSA) is 40.2 Å². The summed E-state index contributed by atoms with van der Waals surface area (Å²) in [5.74, 6) is 0.586. The van der Waals surface area contributed by atoms with Crippen LogP contribution in [0.4, 0.5) is 4.39 Å². The standard InChI is InChI=1S/C17H17FN2O/c1-21-16-2-3-17-14(9-16)4-5-20(17)11-13-6-12(10-19)7-15(18)8-13/h2-9H,10-11,19H2,1H3. The SMILES string of the molecule is COc1ccc2c(ccn2Cc2cc(F)cc(CN)c2)c1. The first-order chi connectivity index (χ1) is 10.2. The van der Waals surface area contributed by atoms with E-state index in [9.17, 15) is 4.39 Å². The molecule has 0 atom stereocenters. The monoisotopic (exact) mass is 284 g/mol. The predicted octanol–water partition coefficient (Wildman–Crippen LogP) is 3.30. The first-order valence-corrected chi connectivity index (χ1v) is 6.81. The van der Waals surface area contributed by atoms with Gasteiger partial charge in [-0.15, -0.1) is 0 Å². The van der Waals surface area contributed by atoms with Crippen molar-refractivity contribution in [1.82, 2.24) is 4.57 Å². The Morgan fingerprint density at radius 2 is 1.90 bits per heavy atom. The summed E-state index contributed by atoms with van der Waals surface area (Å²) in [6.07, 6.45) is 2.00. The third kappa shape index (κ3) is 2.76. The molecule has 0 saturated carbocycles. The van der Waals surface area contributed by atoms with Gasteiger partial charge in [0.1, 0.15) is 11.6 Å². The maximum absolute atomic E-state index is 13.6. The molecule has 0 aliphatic carbocycles. The molecule has 3 aromatic rings. The molecule has 0 amide bonds. The highest BCUT2D eigenvalue weighted by Crippen LogP contribution is 2.23. The van der Waals surface area contributed by atoms with E-state index in [0.717, 1.165) is 27.8 Å². The van der Waals surface area contributed by atoms with Crippen LogP contribution in [0.1, 0.15) is 11.1 Å². The molecule has 0 unspecified atom stereocenters. The second kappa shape index (κ2) is 5.58. The van der Waals surface area contributed by atoms with Gasteiger partial charge in [0, 0.05) is 30.2 Å². The highest BCUT2D eigenvalue weighted by Gasteiger charge is 2.05. The molecule has 0 aliphatic heterocycles. The molecule has 108 valence electrons. The molecule has 1 aromatic heterocycles. The van der Waals surface area contributed by atoms with Crippen molar-refractivity contribution in [3.05, 3.63) is 65.6 Å². The molecular weight excluding hydrogens is 267 g/mol. The fraction of sp³-hybridized carbons (Fsp3) is 0.176. The lowest BCUT2D eigenvalue weighted by Crippen LogP contribution is -2.02. The minimum Gasteiger partial charge on any atom is -0.497 e. The summed E-state index contributed by atoms with van der Waals surface area (Å²) in [6, 6.07) is 12.9. The first kappa shape index (κ1) is 13.6. The number of nitrogens with two attached hydrogens (primary N) is 1. The van der Waals surface area contributed by atoms with Crippen molar-refractivity contribution in [3.8, 4) is 5.75 Å². The Morgan fingerprint density at radius 1 is 1.10 bits per heavy atom. The van der Waals surface area contributed by atoms with E-state index in [1.807, 2.05) is 36.5 Å². The second-order valence-corrected chi connectivity index (χ2v) is 5.04. The minimum absolute atomic E-state index is 0.244. The summed E-state index contributed by atoms with van der Waals surface area (Å²) in [4.78, 5) is 0. The van der Waals surface area contributed by atoms with Crippen LogP contribution in [0.25, 0.3) is 10.9 Å². The largest absolute Gasteiger partial charge is 0.497 e. The summed E-state index contributed by atoms with van der Waals surface area (Å²) in [7, 11) is 1.65. The molecule has 0 saturated heterocycles. The summed E-state index contributed by atoms with van der Waals surface area (Å²) in [6.45, 7) is 0.953. The van der Waals surface area contributed by atoms with Crippen LogP contribution >= 0.6 is 0 Å². The lowest BCUT2D eigenvalue weighted by molar-refractivity contribution is 0.415. The second-order valence-electron chi connectivity index (χ2n) is 5.04. The van der Waals surface area contributed by atoms with E-state index < -0.39 is 0 Å². The van der Waals surface area contributed by atoms with Crippen molar-refractivity contribution in [1.29, 1.82) is 0 Å². The Balaban J connectivity index is 1.96.